The molecule has 0 spiro atoms. The Morgan fingerprint density at radius 1 is 1.21 bits per heavy atom. The fraction of sp³-hybridized carbons (Fsp3) is 1.00. The van der Waals surface area contributed by atoms with Crippen LogP contribution in [0.1, 0.15) is 39.5 Å². The van der Waals surface area contributed by atoms with E-state index in [-0.39, 0.29) is 0 Å². The smallest absolute Gasteiger partial charge is 0.211 e. The van der Waals surface area contributed by atoms with Crippen LogP contribution < -0.4 is 5.32 Å². The summed E-state index contributed by atoms with van der Waals surface area (Å²) in [7, 11) is -3.01. The molecule has 4 atom stereocenters. The van der Waals surface area contributed by atoms with Gasteiger partial charge in [0, 0.05) is 19.1 Å². The molecule has 0 aromatic heterocycles. The van der Waals surface area contributed by atoms with Crippen LogP contribution in [0.4, 0.5) is 0 Å². The van der Waals surface area contributed by atoms with Gasteiger partial charge in [-0.2, -0.15) is 0 Å². The van der Waals surface area contributed by atoms with E-state index in [2.05, 4.69) is 19.2 Å². The fourth-order valence-corrected chi connectivity index (χ4v) is 4.41. The molecular formula is C14H28N2O2S. The molecule has 1 saturated heterocycles. The van der Waals surface area contributed by atoms with E-state index in [1.54, 1.807) is 4.31 Å². The second-order valence-electron chi connectivity index (χ2n) is 6.56. The van der Waals surface area contributed by atoms with Crippen LogP contribution in [0.25, 0.3) is 0 Å². The van der Waals surface area contributed by atoms with Gasteiger partial charge in [0.25, 0.3) is 0 Å². The van der Waals surface area contributed by atoms with E-state index >= 15 is 0 Å². The van der Waals surface area contributed by atoms with E-state index < -0.39 is 10.0 Å². The number of hydrogen-bond acceptors (Lipinski definition) is 3. The molecule has 1 heterocycles. The molecule has 4 unspecified atom stereocenters. The summed E-state index contributed by atoms with van der Waals surface area (Å²) >= 11 is 0. The predicted octanol–water partition coefficient (Wildman–Crippen LogP) is 1.68. The van der Waals surface area contributed by atoms with E-state index in [1.807, 2.05) is 0 Å². The number of nitrogens with one attached hydrogen (secondary N) is 1. The van der Waals surface area contributed by atoms with Gasteiger partial charge in [-0.3, -0.25) is 0 Å². The minimum absolute atomic E-state index is 0.478. The van der Waals surface area contributed by atoms with E-state index in [1.165, 1.54) is 19.1 Å². The molecule has 5 heteroatoms. The van der Waals surface area contributed by atoms with Crippen LogP contribution in [0, 0.1) is 17.8 Å². The Bertz CT molecular complexity index is 396. The molecular weight excluding hydrogens is 260 g/mol. The Labute approximate surface area is 118 Å². The highest BCUT2D eigenvalue weighted by atomic mass is 32.2. The molecule has 0 aromatic carbocycles. The molecule has 2 aliphatic rings. The van der Waals surface area contributed by atoms with Gasteiger partial charge in [-0.25, -0.2) is 12.7 Å². The summed E-state index contributed by atoms with van der Waals surface area (Å²) in [5.74, 6) is 2.04. The Kier molecular flexibility index (Phi) is 4.90. The molecule has 1 N–H and O–H groups in total. The van der Waals surface area contributed by atoms with Crippen molar-refractivity contribution < 1.29 is 8.42 Å². The van der Waals surface area contributed by atoms with Gasteiger partial charge in [-0.05, 0) is 50.0 Å². The van der Waals surface area contributed by atoms with Crippen molar-refractivity contribution in [3.63, 3.8) is 0 Å². The summed E-state index contributed by atoms with van der Waals surface area (Å²) in [4.78, 5) is 0. The predicted molar refractivity (Wildman–Crippen MR) is 78.5 cm³/mol. The maximum atomic E-state index is 11.6. The van der Waals surface area contributed by atoms with Crippen molar-refractivity contribution >= 4 is 10.0 Å². The van der Waals surface area contributed by atoms with Crippen LogP contribution >= 0.6 is 0 Å². The van der Waals surface area contributed by atoms with Gasteiger partial charge < -0.3 is 5.32 Å². The van der Waals surface area contributed by atoms with Gasteiger partial charge in [-0.15, -0.1) is 0 Å². The molecule has 112 valence electrons. The highest BCUT2D eigenvalue weighted by Crippen LogP contribution is 2.31. The average Bonchev–Trinajstić information content (AvgIpc) is 2.67. The molecule has 2 fully saturated rings. The van der Waals surface area contributed by atoms with Gasteiger partial charge in [0.15, 0.2) is 0 Å². The van der Waals surface area contributed by atoms with Crippen LogP contribution in [0.3, 0.4) is 0 Å². The molecule has 1 aliphatic carbocycles. The Morgan fingerprint density at radius 3 is 2.53 bits per heavy atom. The lowest BCUT2D eigenvalue weighted by molar-refractivity contribution is 0.247. The van der Waals surface area contributed by atoms with E-state index in [0.717, 1.165) is 31.2 Å². The maximum Gasteiger partial charge on any atom is 0.211 e. The molecule has 2 rings (SSSR count). The SMILES string of the molecule is CC1CCC(NCC2CCCN(S(C)(=O)=O)C2)C1C. The van der Waals surface area contributed by atoms with Crippen molar-refractivity contribution in [3.8, 4) is 0 Å². The van der Waals surface area contributed by atoms with Crippen molar-refractivity contribution in [2.45, 2.75) is 45.6 Å². The van der Waals surface area contributed by atoms with Gasteiger partial charge in [0.2, 0.25) is 10.0 Å². The highest BCUT2D eigenvalue weighted by molar-refractivity contribution is 7.88. The first-order valence-corrected chi connectivity index (χ1v) is 9.41. The van der Waals surface area contributed by atoms with Crippen molar-refractivity contribution in [2.24, 2.45) is 17.8 Å². The minimum atomic E-state index is -3.01. The van der Waals surface area contributed by atoms with Gasteiger partial charge in [0.05, 0.1) is 6.26 Å². The molecule has 0 radical (unpaired) electrons. The number of nitrogens with zero attached hydrogens (tertiary/aromatic N) is 1. The first-order valence-electron chi connectivity index (χ1n) is 7.56. The fourth-order valence-electron chi connectivity index (χ4n) is 3.47. The third-order valence-corrected chi connectivity index (χ3v) is 6.35. The summed E-state index contributed by atoms with van der Waals surface area (Å²) in [6, 6.07) is 0.628. The van der Waals surface area contributed by atoms with E-state index in [0.29, 0.717) is 25.0 Å². The Balaban J connectivity index is 1.80. The monoisotopic (exact) mass is 288 g/mol. The average molecular weight is 288 g/mol. The molecule has 1 aliphatic heterocycles. The summed E-state index contributed by atoms with van der Waals surface area (Å²) in [5.41, 5.74) is 0. The van der Waals surface area contributed by atoms with Crippen LogP contribution in [0.15, 0.2) is 0 Å². The first-order chi connectivity index (χ1) is 8.88. The Hall–Kier alpha value is -0.130. The van der Waals surface area contributed by atoms with Crippen LogP contribution in [0.5, 0.6) is 0 Å². The second-order valence-corrected chi connectivity index (χ2v) is 8.54. The first kappa shape index (κ1) is 15.3. The largest absolute Gasteiger partial charge is 0.313 e. The molecule has 1 saturated carbocycles. The summed E-state index contributed by atoms with van der Waals surface area (Å²) < 4.78 is 24.8. The lowest BCUT2D eigenvalue weighted by Gasteiger charge is -2.32. The van der Waals surface area contributed by atoms with Gasteiger partial charge in [-0.1, -0.05) is 13.8 Å². The molecule has 0 amide bonds. The maximum absolute atomic E-state index is 11.6. The molecule has 0 bridgehead atoms. The number of rotatable bonds is 4. The lowest BCUT2D eigenvalue weighted by atomic mass is 9.96. The van der Waals surface area contributed by atoms with Crippen LogP contribution in [-0.4, -0.2) is 44.7 Å². The molecule has 19 heavy (non-hydrogen) atoms. The van der Waals surface area contributed by atoms with Crippen LogP contribution in [0.2, 0.25) is 0 Å². The Morgan fingerprint density at radius 2 is 1.95 bits per heavy atom. The summed E-state index contributed by atoms with van der Waals surface area (Å²) in [6.07, 6.45) is 6.05. The second kappa shape index (κ2) is 6.10. The van der Waals surface area contributed by atoms with Gasteiger partial charge in [0.1, 0.15) is 0 Å². The van der Waals surface area contributed by atoms with E-state index in [4.69, 9.17) is 0 Å². The zero-order valence-corrected chi connectivity index (χ0v) is 13.2. The topological polar surface area (TPSA) is 49.4 Å². The van der Waals surface area contributed by atoms with E-state index in [9.17, 15) is 8.42 Å². The zero-order valence-electron chi connectivity index (χ0n) is 12.4. The third kappa shape index (κ3) is 3.92. The molecule has 0 aromatic rings. The van der Waals surface area contributed by atoms with Crippen LogP contribution in [-0.2, 0) is 10.0 Å². The quantitative estimate of drug-likeness (QED) is 0.856. The highest BCUT2D eigenvalue weighted by Gasteiger charge is 2.31. The summed E-state index contributed by atoms with van der Waals surface area (Å²) in [6.45, 7) is 7.03. The number of sulfonamides is 1. The molecule has 4 nitrogen and oxygen atoms in total. The minimum Gasteiger partial charge on any atom is -0.313 e. The van der Waals surface area contributed by atoms with Gasteiger partial charge >= 0.3 is 0 Å². The van der Waals surface area contributed by atoms with Crippen molar-refractivity contribution in [2.75, 3.05) is 25.9 Å². The number of piperidine rings is 1. The lowest BCUT2D eigenvalue weighted by Crippen LogP contribution is -2.44. The zero-order chi connectivity index (χ0) is 14.0. The summed E-state index contributed by atoms with van der Waals surface area (Å²) in [5, 5.41) is 3.68. The third-order valence-electron chi connectivity index (χ3n) is 5.08. The number of hydrogen-bond donors (Lipinski definition) is 1. The van der Waals surface area contributed by atoms with Crippen molar-refractivity contribution in [3.05, 3.63) is 0 Å². The van der Waals surface area contributed by atoms with Crippen molar-refractivity contribution in [1.82, 2.24) is 9.62 Å². The normalized spacial score (nSPS) is 37.6. The standard InChI is InChI=1S/C14H28N2O2S/c1-11-6-7-14(12(11)2)15-9-13-5-4-8-16(10-13)19(3,17)18/h11-15H,4-10H2,1-3H3. The van der Waals surface area contributed by atoms with Crippen molar-refractivity contribution in [1.29, 1.82) is 0 Å².